The average molecular weight is 192 g/mol. The maximum atomic E-state index is 12.7. The van der Waals surface area contributed by atoms with Crippen LogP contribution in [0.15, 0.2) is 30.4 Å². The fraction of sp³-hybridized carbons (Fsp3) is 0.250. The van der Waals surface area contributed by atoms with Crippen LogP contribution in [-0.2, 0) is 0 Å². The summed E-state index contributed by atoms with van der Waals surface area (Å²) >= 11 is 0. The summed E-state index contributed by atoms with van der Waals surface area (Å²) in [4.78, 5) is 11.5. The number of hydrogen-bond acceptors (Lipinski definition) is 1. The highest BCUT2D eigenvalue weighted by molar-refractivity contribution is 6.05. The third-order valence-corrected chi connectivity index (χ3v) is 1.96. The van der Waals surface area contributed by atoms with Crippen molar-refractivity contribution in [3.8, 4) is 0 Å². The Balaban J connectivity index is 2.96. The molecule has 0 saturated heterocycles. The molecule has 0 radical (unpaired) electrons. The van der Waals surface area contributed by atoms with E-state index in [0.29, 0.717) is 11.1 Å². The van der Waals surface area contributed by atoms with Crippen LogP contribution in [0.25, 0.3) is 0 Å². The maximum absolute atomic E-state index is 12.7. The molecule has 0 aromatic heterocycles. The van der Waals surface area contributed by atoms with Crippen LogP contribution < -0.4 is 0 Å². The first-order valence-corrected chi connectivity index (χ1v) is 4.62. The molecule has 0 N–H and O–H groups in total. The summed E-state index contributed by atoms with van der Waals surface area (Å²) in [6, 6.07) is 4.19. The van der Waals surface area contributed by atoms with Crippen molar-refractivity contribution >= 4 is 5.78 Å². The van der Waals surface area contributed by atoms with Gasteiger partial charge in [-0.1, -0.05) is 13.0 Å². The summed E-state index contributed by atoms with van der Waals surface area (Å²) in [5.74, 6) is -0.372. The fourth-order valence-corrected chi connectivity index (χ4v) is 1.22. The standard InChI is InChI=1S/C12H13FO/c1-3-4-5-12(14)11-7-6-10(13)8-9(11)2/h4-8H,3H2,1-2H3/b5-4+. The van der Waals surface area contributed by atoms with Crippen LogP contribution >= 0.6 is 0 Å². The van der Waals surface area contributed by atoms with Crippen molar-refractivity contribution in [3.05, 3.63) is 47.3 Å². The highest BCUT2D eigenvalue weighted by Gasteiger charge is 2.05. The normalized spacial score (nSPS) is 10.8. The minimum Gasteiger partial charge on any atom is -0.289 e. The predicted octanol–water partition coefficient (Wildman–Crippen LogP) is 3.28. The molecule has 0 saturated carbocycles. The minimum absolute atomic E-state index is 0.0654. The molecule has 0 aliphatic carbocycles. The molecule has 0 unspecified atom stereocenters. The Morgan fingerprint density at radius 2 is 2.21 bits per heavy atom. The number of hydrogen-bond donors (Lipinski definition) is 0. The van der Waals surface area contributed by atoms with Crippen LogP contribution in [0, 0.1) is 12.7 Å². The number of carbonyl (C=O) groups is 1. The van der Waals surface area contributed by atoms with Crippen molar-refractivity contribution in [3.63, 3.8) is 0 Å². The Hall–Kier alpha value is -1.44. The Labute approximate surface area is 83.3 Å². The number of allylic oxidation sites excluding steroid dienone is 2. The molecule has 74 valence electrons. The number of benzene rings is 1. The lowest BCUT2D eigenvalue weighted by Gasteiger charge is -2.00. The molecule has 0 amide bonds. The SMILES string of the molecule is CC/C=C/C(=O)c1ccc(F)cc1C. The fourth-order valence-electron chi connectivity index (χ4n) is 1.22. The molecule has 14 heavy (non-hydrogen) atoms. The lowest BCUT2D eigenvalue weighted by atomic mass is 10.0. The molecular formula is C12H13FO. The Morgan fingerprint density at radius 1 is 1.50 bits per heavy atom. The molecule has 2 heteroatoms. The van der Waals surface area contributed by atoms with Gasteiger partial charge in [0, 0.05) is 5.56 Å². The van der Waals surface area contributed by atoms with Gasteiger partial charge in [0.05, 0.1) is 0 Å². The van der Waals surface area contributed by atoms with E-state index in [9.17, 15) is 9.18 Å². The largest absolute Gasteiger partial charge is 0.289 e. The van der Waals surface area contributed by atoms with Crippen LogP contribution in [0.3, 0.4) is 0 Å². The minimum atomic E-state index is -0.307. The topological polar surface area (TPSA) is 17.1 Å². The number of carbonyl (C=O) groups excluding carboxylic acids is 1. The Kier molecular flexibility index (Phi) is 3.57. The summed E-state index contributed by atoms with van der Waals surface area (Å²) in [7, 11) is 0. The second-order valence-electron chi connectivity index (χ2n) is 3.13. The van der Waals surface area contributed by atoms with Gasteiger partial charge in [-0.15, -0.1) is 0 Å². The molecule has 0 aliphatic heterocycles. The van der Waals surface area contributed by atoms with Crippen molar-refractivity contribution in [2.75, 3.05) is 0 Å². The van der Waals surface area contributed by atoms with Crippen LogP contribution in [0.4, 0.5) is 4.39 Å². The van der Waals surface area contributed by atoms with E-state index >= 15 is 0 Å². The number of halogens is 1. The van der Waals surface area contributed by atoms with Crippen LogP contribution in [0.1, 0.15) is 29.3 Å². The van der Waals surface area contributed by atoms with E-state index in [0.717, 1.165) is 6.42 Å². The number of aryl methyl sites for hydroxylation is 1. The van der Waals surface area contributed by atoms with Gasteiger partial charge in [0.25, 0.3) is 0 Å². The smallest absolute Gasteiger partial charge is 0.185 e. The van der Waals surface area contributed by atoms with Gasteiger partial charge in [-0.3, -0.25) is 4.79 Å². The van der Waals surface area contributed by atoms with Gasteiger partial charge in [-0.05, 0) is 43.2 Å². The Morgan fingerprint density at radius 3 is 2.79 bits per heavy atom. The summed E-state index contributed by atoms with van der Waals surface area (Å²) in [6.45, 7) is 3.69. The maximum Gasteiger partial charge on any atom is 0.185 e. The number of ketones is 1. The third kappa shape index (κ3) is 2.52. The van der Waals surface area contributed by atoms with Crippen LogP contribution in [0.5, 0.6) is 0 Å². The summed E-state index contributed by atoms with van der Waals surface area (Å²) in [5, 5.41) is 0. The van der Waals surface area contributed by atoms with Gasteiger partial charge in [-0.2, -0.15) is 0 Å². The lowest BCUT2D eigenvalue weighted by molar-refractivity contribution is 0.104. The van der Waals surface area contributed by atoms with Gasteiger partial charge in [0.1, 0.15) is 5.82 Å². The Bertz CT molecular complexity index is 367. The van der Waals surface area contributed by atoms with Crippen molar-refractivity contribution in [2.24, 2.45) is 0 Å². The third-order valence-electron chi connectivity index (χ3n) is 1.96. The van der Waals surface area contributed by atoms with Gasteiger partial charge in [0.2, 0.25) is 0 Å². The molecule has 1 aromatic carbocycles. The first-order chi connectivity index (χ1) is 6.65. The summed E-state index contributed by atoms with van der Waals surface area (Å²) < 4.78 is 12.7. The highest BCUT2D eigenvalue weighted by Crippen LogP contribution is 2.11. The van der Waals surface area contributed by atoms with Crippen molar-refractivity contribution < 1.29 is 9.18 Å². The van der Waals surface area contributed by atoms with Crippen LogP contribution in [0.2, 0.25) is 0 Å². The number of rotatable bonds is 3. The predicted molar refractivity (Wildman–Crippen MR) is 54.9 cm³/mol. The van der Waals surface area contributed by atoms with E-state index in [-0.39, 0.29) is 11.6 Å². The molecule has 1 aromatic rings. The summed E-state index contributed by atoms with van der Waals surface area (Å²) in [6.07, 6.45) is 4.15. The molecule has 1 nitrogen and oxygen atoms in total. The van der Waals surface area contributed by atoms with E-state index in [1.807, 2.05) is 6.92 Å². The van der Waals surface area contributed by atoms with Crippen LogP contribution in [-0.4, -0.2) is 5.78 Å². The highest BCUT2D eigenvalue weighted by atomic mass is 19.1. The van der Waals surface area contributed by atoms with Gasteiger partial charge >= 0.3 is 0 Å². The zero-order valence-corrected chi connectivity index (χ0v) is 8.38. The molecular weight excluding hydrogens is 179 g/mol. The van der Waals surface area contributed by atoms with Gasteiger partial charge in [-0.25, -0.2) is 4.39 Å². The van der Waals surface area contributed by atoms with E-state index in [1.165, 1.54) is 24.3 Å². The van der Waals surface area contributed by atoms with Gasteiger partial charge < -0.3 is 0 Å². The average Bonchev–Trinajstić information content (AvgIpc) is 2.14. The lowest BCUT2D eigenvalue weighted by Crippen LogP contribution is -1.98. The quantitative estimate of drug-likeness (QED) is 0.530. The monoisotopic (exact) mass is 192 g/mol. The molecule has 1 rings (SSSR count). The zero-order chi connectivity index (χ0) is 10.6. The van der Waals surface area contributed by atoms with Crippen molar-refractivity contribution in [1.82, 2.24) is 0 Å². The van der Waals surface area contributed by atoms with E-state index in [1.54, 1.807) is 13.0 Å². The molecule has 0 fully saturated rings. The summed E-state index contributed by atoms with van der Waals surface area (Å²) in [5.41, 5.74) is 1.24. The second kappa shape index (κ2) is 4.70. The first-order valence-electron chi connectivity index (χ1n) is 4.62. The van der Waals surface area contributed by atoms with E-state index in [4.69, 9.17) is 0 Å². The van der Waals surface area contributed by atoms with Crippen molar-refractivity contribution in [1.29, 1.82) is 0 Å². The second-order valence-corrected chi connectivity index (χ2v) is 3.13. The van der Waals surface area contributed by atoms with Gasteiger partial charge in [0.15, 0.2) is 5.78 Å². The van der Waals surface area contributed by atoms with E-state index in [2.05, 4.69) is 0 Å². The van der Waals surface area contributed by atoms with Crippen molar-refractivity contribution in [2.45, 2.75) is 20.3 Å². The van der Waals surface area contributed by atoms with E-state index < -0.39 is 0 Å². The first kappa shape index (κ1) is 10.6. The molecule has 0 bridgehead atoms. The molecule has 0 aliphatic rings. The molecule has 0 spiro atoms. The molecule has 0 heterocycles. The molecule has 0 atom stereocenters. The zero-order valence-electron chi connectivity index (χ0n) is 8.38.